The fourth-order valence-electron chi connectivity index (χ4n) is 2.51. The maximum atomic E-state index is 11.0. The van der Waals surface area contributed by atoms with Crippen molar-refractivity contribution in [3.63, 3.8) is 0 Å². The SMILES string of the molecule is CCc1cc(Br)c(OC)c(C2CC(C(=O)O)CN2)c1. The van der Waals surface area contributed by atoms with Crippen LogP contribution in [0, 0.1) is 5.92 Å². The number of benzene rings is 1. The maximum Gasteiger partial charge on any atom is 0.307 e. The molecule has 1 aromatic carbocycles. The molecular formula is C14H18BrNO3. The molecule has 1 fully saturated rings. The zero-order valence-electron chi connectivity index (χ0n) is 11.1. The van der Waals surface area contributed by atoms with E-state index in [1.807, 2.05) is 6.07 Å². The highest BCUT2D eigenvalue weighted by molar-refractivity contribution is 9.10. The second kappa shape index (κ2) is 5.92. The van der Waals surface area contributed by atoms with Crippen molar-refractivity contribution in [2.24, 2.45) is 5.92 Å². The van der Waals surface area contributed by atoms with E-state index in [9.17, 15) is 4.79 Å². The number of ether oxygens (including phenoxy) is 1. The number of hydrogen-bond acceptors (Lipinski definition) is 3. The molecule has 0 aliphatic carbocycles. The third kappa shape index (κ3) is 2.92. The molecule has 2 unspecified atom stereocenters. The van der Waals surface area contributed by atoms with Crippen molar-refractivity contribution in [3.8, 4) is 5.75 Å². The Morgan fingerprint density at radius 2 is 2.32 bits per heavy atom. The van der Waals surface area contributed by atoms with Crippen molar-refractivity contribution in [2.45, 2.75) is 25.8 Å². The van der Waals surface area contributed by atoms with Gasteiger partial charge in [-0.25, -0.2) is 0 Å². The molecule has 0 bridgehead atoms. The number of methoxy groups -OCH3 is 1. The van der Waals surface area contributed by atoms with Crippen LogP contribution >= 0.6 is 15.9 Å². The molecule has 0 amide bonds. The van der Waals surface area contributed by atoms with E-state index in [1.165, 1.54) is 5.56 Å². The maximum absolute atomic E-state index is 11.0. The van der Waals surface area contributed by atoms with Gasteiger partial charge in [-0.3, -0.25) is 4.79 Å². The summed E-state index contributed by atoms with van der Waals surface area (Å²) in [6.45, 7) is 2.61. The van der Waals surface area contributed by atoms with Crippen molar-refractivity contribution in [1.82, 2.24) is 5.32 Å². The third-order valence-corrected chi connectivity index (χ3v) is 4.19. The van der Waals surface area contributed by atoms with Gasteiger partial charge < -0.3 is 15.2 Å². The lowest BCUT2D eigenvalue weighted by atomic mass is 9.97. The zero-order valence-corrected chi connectivity index (χ0v) is 12.7. The largest absolute Gasteiger partial charge is 0.495 e. The van der Waals surface area contributed by atoms with Crippen LogP contribution in [0.25, 0.3) is 0 Å². The Balaban J connectivity index is 2.33. The summed E-state index contributed by atoms with van der Waals surface area (Å²) in [5, 5.41) is 12.4. The number of halogens is 1. The van der Waals surface area contributed by atoms with Crippen molar-refractivity contribution >= 4 is 21.9 Å². The van der Waals surface area contributed by atoms with Crippen molar-refractivity contribution in [1.29, 1.82) is 0 Å². The smallest absolute Gasteiger partial charge is 0.307 e. The van der Waals surface area contributed by atoms with Crippen LogP contribution in [-0.4, -0.2) is 24.7 Å². The Morgan fingerprint density at radius 3 is 2.84 bits per heavy atom. The molecule has 0 aromatic heterocycles. The number of rotatable bonds is 4. The lowest BCUT2D eigenvalue weighted by molar-refractivity contribution is -0.141. The Morgan fingerprint density at radius 1 is 1.58 bits per heavy atom. The van der Waals surface area contributed by atoms with Gasteiger partial charge in [0.1, 0.15) is 5.75 Å². The van der Waals surface area contributed by atoms with Crippen LogP contribution in [0.3, 0.4) is 0 Å². The second-order valence-electron chi connectivity index (χ2n) is 4.79. The van der Waals surface area contributed by atoms with Gasteiger partial charge >= 0.3 is 5.97 Å². The van der Waals surface area contributed by atoms with Gasteiger partial charge in [-0.1, -0.05) is 13.0 Å². The van der Waals surface area contributed by atoms with E-state index in [1.54, 1.807) is 7.11 Å². The van der Waals surface area contributed by atoms with E-state index in [4.69, 9.17) is 9.84 Å². The third-order valence-electron chi connectivity index (χ3n) is 3.60. The number of nitrogens with one attached hydrogen (secondary N) is 1. The lowest BCUT2D eigenvalue weighted by Crippen LogP contribution is -2.17. The van der Waals surface area contributed by atoms with Crippen LogP contribution < -0.4 is 10.1 Å². The van der Waals surface area contributed by atoms with Crippen LogP contribution in [0.1, 0.15) is 30.5 Å². The fourth-order valence-corrected chi connectivity index (χ4v) is 3.20. The van der Waals surface area contributed by atoms with Crippen molar-refractivity contribution in [3.05, 3.63) is 27.7 Å². The first-order valence-electron chi connectivity index (χ1n) is 6.39. The topological polar surface area (TPSA) is 58.6 Å². The summed E-state index contributed by atoms with van der Waals surface area (Å²) in [6.07, 6.45) is 1.54. The summed E-state index contributed by atoms with van der Waals surface area (Å²) in [6, 6.07) is 4.19. The molecule has 1 aliphatic heterocycles. The molecule has 1 saturated heterocycles. The standard InChI is InChI=1S/C14H18BrNO3/c1-3-8-4-10(13(19-2)11(15)5-8)12-6-9(7-16-12)14(17)18/h4-5,9,12,16H,3,6-7H2,1-2H3,(H,17,18). The Bertz CT molecular complexity index is 490. The van der Waals surface area contributed by atoms with Gasteiger partial charge in [0.25, 0.3) is 0 Å². The molecule has 1 heterocycles. The van der Waals surface area contributed by atoms with Gasteiger partial charge in [-0.2, -0.15) is 0 Å². The van der Waals surface area contributed by atoms with Crippen LogP contribution in [0.15, 0.2) is 16.6 Å². The first-order chi connectivity index (χ1) is 9.06. The highest BCUT2D eigenvalue weighted by atomic mass is 79.9. The minimum absolute atomic E-state index is 0.0406. The first kappa shape index (κ1) is 14.3. The van der Waals surface area contributed by atoms with Gasteiger partial charge in [0.2, 0.25) is 0 Å². The summed E-state index contributed by atoms with van der Waals surface area (Å²) in [7, 11) is 1.64. The van der Waals surface area contributed by atoms with E-state index in [-0.39, 0.29) is 12.0 Å². The molecule has 0 saturated carbocycles. The van der Waals surface area contributed by atoms with E-state index < -0.39 is 5.97 Å². The zero-order chi connectivity index (χ0) is 14.0. The normalized spacial score (nSPS) is 22.5. The van der Waals surface area contributed by atoms with Crippen LogP contribution in [0.5, 0.6) is 5.75 Å². The second-order valence-corrected chi connectivity index (χ2v) is 5.64. The summed E-state index contributed by atoms with van der Waals surface area (Å²) in [5.74, 6) is -0.265. The molecule has 2 rings (SSSR count). The Hall–Kier alpha value is -1.07. The summed E-state index contributed by atoms with van der Waals surface area (Å²) in [5.41, 5.74) is 2.25. The van der Waals surface area contributed by atoms with Gasteiger partial charge in [-0.05, 0) is 40.4 Å². The molecule has 5 heteroatoms. The molecule has 2 atom stereocenters. The quantitative estimate of drug-likeness (QED) is 0.892. The molecule has 1 aliphatic rings. The average Bonchev–Trinajstić information content (AvgIpc) is 2.87. The molecule has 0 spiro atoms. The Labute approximate surface area is 121 Å². The van der Waals surface area contributed by atoms with E-state index in [0.717, 1.165) is 22.2 Å². The molecule has 19 heavy (non-hydrogen) atoms. The summed E-state index contributed by atoms with van der Waals surface area (Å²) in [4.78, 5) is 11.0. The predicted octanol–water partition coefficient (Wildman–Crippen LogP) is 2.76. The number of carboxylic acid groups (broad SMARTS) is 1. The first-order valence-corrected chi connectivity index (χ1v) is 7.18. The molecule has 1 aromatic rings. The van der Waals surface area contributed by atoms with Gasteiger partial charge in [0.05, 0.1) is 17.5 Å². The average molecular weight is 328 g/mol. The lowest BCUT2D eigenvalue weighted by Gasteiger charge is -2.18. The van der Waals surface area contributed by atoms with Gasteiger partial charge in [0, 0.05) is 18.2 Å². The van der Waals surface area contributed by atoms with Crippen molar-refractivity contribution in [2.75, 3.05) is 13.7 Å². The number of aryl methyl sites for hydroxylation is 1. The molecule has 0 radical (unpaired) electrons. The van der Waals surface area contributed by atoms with Gasteiger partial charge in [-0.15, -0.1) is 0 Å². The van der Waals surface area contributed by atoms with E-state index in [0.29, 0.717) is 13.0 Å². The fraction of sp³-hybridized carbons (Fsp3) is 0.500. The van der Waals surface area contributed by atoms with Crippen LogP contribution in [0.4, 0.5) is 0 Å². The minimum atomic E-state index is -0.736. The number of hydrogen-bond donors (Lipinski definition) is 2. The molecule has 2 N–H and O–H groups in total. The number of carbonyl (C=O) groups is 1. The van der Waals surface area contributed by atoms with Crippen molar-refractivity contribution < 1.29 is 14.6 Å². The van der Waals surface area contributed by atoms with Gasteiger partial charge in [0.15, 0.2) is 0 Å². The van der Waals surface area contributed by atoms with Crippen LogP contribution in [0.2, 0.25) is 0 Å². The number of aliphatic carboxylic acids is 1. The Kier molecular flexibility index (Phi) is 4.47. The predicted molar refractivity (Wildman–Crippen MR) is 76.6 cm³/mol. The minimum Gasteiger partial charge on any atom is -0.495 e. The van der Waals surface area contributed by atoms with E-state index in [2.05, 4.69) is 34.2 Å². The van der Waals surface area contributed by atoms with E-state index >= 15 is 0 Å². The highest BCUT2D eigenvalue weighted by Gasteiger charge is 2.32. The highest BCUT2D eigenvalue weighted by Crippen LogP contribution is 2.38. The molecule has 4 nitrogen and oxygen atoms in total. The van der Waals surface area contributed by atoms with Crippen LogP contribution in [-0.2, 0) is 11.2 Å². The number of carboxylic acids is 1. The summed E-state index contributed by atoms with van der Waals surface area (Å²) < 4.78 is 6.37. The molecular weight excluding hydrogens is 310 g/mol. The molecule has 104 valence electrons. The monoisotopic (exact) mass is 327 g/mol. The summed E-state index contributed by atoms with van der Waals surface area (Å²) >= 11 is 3.52.